The second-order valence-corrected chi connectivity index (χ2v) is 6.42. The minimum Gasteiger partial charge on any atom is -0.370 e. The summed E-state index contributed by atoms with van der Waals surface area (Å²) in [6.45, 7) is 5.01. The molecular weight excluding hydrogens is 276 g/mol. The van der Waals surface area contributed by atoms with Gasteiger partial charge in [0, 0.05) is 34.7 Å². The van der Waals surface area contributed by atoms with E-state index >= 15 is 0 Å². The standard InChI is InChI=1S/C13H16N4S2/c1-3-14-13-9-6-18-7-10(9)16-11(17-13)4-12-15-8(2)5-19-12/h5H,3-4,6-7H2,1-2H3,(H,14,16,17). The topological polar surface area (TPSA) is 50.7 Å². The van der Waals surface area contributed by atoms with Crippen LogP contribution >= 0.6 is 23.1 Å². The molecule has 2 aromatic heterocycles. The summed E-state index contributed by atoms with van der Waals surface area (Å²) < 4.78 is 0. The van der Waals surface area contributed by atoms with Crippen LogP contribution < -0.4 is 5.32 Å². The zero-order chi connectivity index (χ0) is 13.2. The van der Waals surface area contributed by atoms with E-state index in [1.807, 2.05) is 18.7 Å². The first-order chi connectivity index (χ1) is 9.26. The zero-order valence-electron chi connectivity index (χ0n) is 11.1. The maximum Gasteiger partial charge on any atom is 0.137 e. The molecule has 1 aliphatic rings. The molecule has 6 heteroatoms. The number of aromatic nitrogens is 3. The van der Waals surface area contributed by atoms with Gasteiger partial charge in [-0.15, -0.1) is 11.3 Å². The summed E-state index contributed by atoms with van der Waals surface area (Å²) >= 11 is 3.59. The number of fused-ring (bicyclic) bond motifs is 1. The van der Waals surface area contributed by atoms with Crippen LogP contribution in [-0.4, -0.2) is 21.5 Å². The smallest absolute Gasteiger partial charge is 0.137 e. The third-order valence-corrected chi connectivity index (χ3v) is 4.88. The Morgan fingerprint density at radius 2 is 2.16 bits per heavy atom. The molecule has 0 unspecified atom stereocenters. The van der Waals surface area contributed by atoms with Crippen LogP contribution in [0.3, 0.4) is 0 Å². The highest BCUT2D eigenvalue weighted by atomic mass is 32.2. The molecule has 0 bridgehead atoms. The molecular formula is C13H16N4S2. The van der Waals surface area contributed by atoms with E-state index in [-0.39, 0.29) is 0 Å². The first kappa shape index (κ1) is 12.9. The second kappa shape index (κ2) is 5.46. The summed E-state index contributed by atoms with van der Waals surface area (Å²) in [5.41, 5.74) is 3.55. The van der Waals surface area contributed by atoms with Crippen molar-refractivity contribution in [3.8, 4) is 0 Å². The van der Waals surface area contributed by atoms with E-state index in [0.717, 1.165) is 46.8 Å². The third kappa shape index (κ3) is 2.74. The predicted octanol–water partition coefficient (Wildman–Crippen LogP) is 3.01. The molecule has 3 rings (SSSR count). The fourth-order valence-corrected chi connectivity index (χ4v) is 3.92. The van der Waals surface area contributed by atoms with E-state index in [0.29, 0.717) is 0 Å². The average molecular weight is 292 g/mol. The molecule has 0 aromatic carbocycles. The Bertz CT molecular complexity index is 594. The van der Waals surface area contributed by atoms with Gasteiger partial charge in [-0.05, 0) is 13.8 Å². The molecule has 4 nitrogen and oxygen atoms in total. The van der Waals surface area contributed by atoms with Crippen LogP contribution in [0, 0.1) is 6.92 Å². The van der Waals surface area contributed by atoms with Crippen LogP contribution in [0.15, 0.2) is 5.38 Å². The monoisotopic (exact) mass is 292 g/mol. The number of thiazole rings is 1. The van der Waals surface area contributed by atoms with Crippen molar-refractivity contribution in [3.05, 3.63) is 33.2 Å². The highest BCUT2D eigenvalue weighted by Gasteiger charge is 2.19. The van der Waals surface area contributed by atoms with E-state index in [2.05, 4.69) is 27.6 Å². The number of rotatable bonds is 4. The van der Waals surface area contributed by atoms with Gasteiger partial charge >= 0.3 is 0 Å². The van der Waals surface area contributed by atoms with Crippen molar-refractivity contribution in [3.63, 3.8) is 0 Å². The van der Waals surface area contributed by atoms with Gasteiger partial charge in [-0.2, -0.15) is 11.8 Å². The van der Waals surface area contributed by atoms with Crippen LogP contribution in [0.2, 0.25) is 0 Å². The highest BCUT2D eigenvalue weighted by molar-refractivity contribution is 7.98. The molecule has 0 atom stereocenters. The van der Waals surface area contributed by atoms with E-state index in [9.17, 15) is 0 Å². The Morgan fingerprint density at radius 1 is 1.26 bits per heavy atom. The van der Waals surface area contributed by atoms with Gasteiger partial charge in [0.25, 0.3) is 0 Å². The minimum atomic E-state index is 0.731. The summed E-state index contributed by atoms with van der Waals surface area (Å²) in [6.07, 6.45) is 0.731. The number of nitrogens with one attached hydrogen (secondary N) is 1. The van der Waals surface area contributed by atoms with Crippen LogP contribution in [0.25, 0.3) is 0 Å². The molecule has 0 fully saturated rings. The number of anilines is 1. The molecule has 100 valence electrons. The summed E-state index contributed by atoms with van der Waals surface area (Å²) in [5.74, 6) is 3.92. The van der Waals surface area contributed by atoms with Gasteiger partial charge in [-0.3, -0.25) is 0 Å². The molecule has 3 heterocycles. The van der Waals surface area contributed by atoms with Crippen molar-refractivity contribution in [1.29, 1.82) is 0 Å². The maximum atomic E-state index is 4.70. The Labute approximate surface area is 121 Å². The van der Waals surface area contributed by atoms with Gasteiger partial charge in [0.05, 0.1) is 12.1 Å². The van der Waals surface area contributed by atoms with Gasteiger partial charge in [0.2, 0.25) is 0 Å². The maximum absolute atomic E-state index is 4.70. The summed E-state index contributed by atoms with van der Waals surface area (Å²) in [7, 11) is 0. The number of nitrogens with zero attached hydrogens (tertiary/aromatic N) is 3. The zero-order valence-corrected chi connectivity index (χ0v) is 12.7. The highest BCUT2D eigenvalue weighted by Crippen LogP contribution is 2.33. The number of thioether (sulfide) groups is 1. The van der Waals surface area contributed by atoms with Gasteiger partial charge < -0.3 is 5.32 Å². The van der Waals surface area contributed by atoms with Crippen LogP contribution in [0.4, 0.5) is 5.82 Å². The lowest BCUT2D eigenvalue weighted by Crippen LogP contribution is -2.08. The predicted molar refractivity (Wildman–Crippen MR) is 80.9 cm³/mol. The molecule has 2 aromatic rings. The van der Waals surface area contributed by atoms with Crippen molar-refractivity contribution in [1.82, 2.24) is 15.0 Å². The minimum absolute atomic E-state index is 0.731. The van der Waals surface area contributed by atoms with E-state index in [1.54, 1.807) is 11.3 Å². The summed E-state index contributed by atoms with van der Waals surface area (Å²) in [5, 5.41) is 6.52. The van der Waals surface area contributed by atoms with Gasteiger partial charge in [-0.25, -0.2) is 15.0 Å². The molecule has 0 aliphatic carbocycles. The number of hydrogen-bond acceptors (Lipinski definition) is 6. The van der Waals surface area contributed by atoms with E-state index in [4.69, 9.17) is 4.98 Å². The molecule has 1 N–H and O–H groups in total. The Balaban J connectivity index is 1.91. The lowest BCUT2D eigenvalue weighted by molar-refractivity contribution is 0.914. The number of aryl methyl sites for hydroxylation is 1. The first-order valence-electron chi connectivity index (χ1n) is 6.37. The Hall–Kier alpha value is -1.14. The molecule has 0 saturated carbocycles. The van der Waals surface area contributed by atoms with Gasteiger partial charge in [0.15, 0.2) is 0 Å². The Morgan fingerprint density at radius 3 is 2.89 bits per heavy atom. The van der Waals surface area contributed by atoms with E-state index < -0.39 is 0 Å². The second-order valence-electron chi connectivity index (χ2n) is 4.50. The van der Waals surface area contributed by atoms with Gasteiger partial charge in [0.1, 0.15) is 16.6 Å². The summed E-state index contributed by atoms with van der Waals surface area (Å²) in [6, 6.07) is 0. The van der Waals surface area contributed by atoms with Crippen molar-refractivity contribution < 1.29 is 0 Å². The fourth-order valence-electron chi connectivity index (χ4n) is 2.11. The van der Waals surface area contributed by atoms with Gasteiger partial charge in [-0.1, -0.05) is 0 Å². The Kier molecular flexibility index (Phi) is 3.70. The molecule has 1 aliphatic heterocycles. The van der Waals surface area contributed by atoms with Crippen molar-refractivity contribution >= 4 is 28.9 Å². The van der Waals surface area contributed by atoms with Crippen LogP contribution in [-0.2, 0) is 17.9 Å². The molecule has 19 heavy (non-hydrogen) atoms. The molecule has 0 saturated heterocycles. The van der Waals surface area contributed by atoms with Crippen molar-refractivity contribution in [2.24, 2.45) is 0 Å². The van der Waals surface area contributed by atoms with E-state index in [1.165, 1.54) is 11.3 Å². The quantitative estimate of drug-likeness (QED) is 0.938. The van der Waals surface area contributed by atoms with Crippen molar-refractivity contribution in [2.75, 3.05) is 11.9 Å². The third-order valence-electron chi connectivity index (χ3n) is 2.94. The molecule has 0 amide bonds. The van der Waals surface area contributed by atoms with Crippen molar-refractivity contribution in [2.45, 2.75) is 31.8 Å². The fraction of sp³-hybridized carbons (Fsp3) is 0.462. The molecule has 0 radical (unpaired) electrons. The van der Waals surface area contributed by atoms with Crippen LogP contribution in [0.1, 0.15) is 34.7 Å². The number of hydrogen-bond donors (Lipinski definition) is 1. The average Bonchev–Trinajstić information content (AvgIpc) is 2.99. The largest absolute Gasteiger partial charge is 0.370 e. The lowest BCUT2D eigenvalue weighted by atomic mass is 10.2. The molecule has 0 spiro atoms. The lowest BCUT2D eigenvalue weighted by Gasteiger charge is -2.09. The first-order valence-corrected chi connectivity index (χ1v) is 8.41. The normalized spacial score (nSPS) is 13.6. The summed E-state index contributed by atoms with van der Waals surface area (Å²) in [4.78, 5) is 13.9. The SMILES string of the molecule is CCNc1nc(Cc2nc(C)cs2)nc2c1CSC2. The van der Waals surface area contributed by atoms with Crippen LogP contribution in [0.5, 0.6) is 0 Å².